The Balaban J connectivity index is 0.00000676. The summed E-state index contributed by atoms with van der Waals surface area (Å²) in [5.41, 5.74) is 0.329. The fourth-order valence-electron chi connectivity index (χ4n) is 2.64. The van der Waals surface area contributed by atoms with E-state index >= 15 is 0 Å². The lowest BCUT2D eigenvalue weighted by Gasteiger charge is -2.26. The number of nitrogens with zero attached hydrogens (tertiary/aromatic N) is 2. The molecule has 0 atom stereocenters. The molecule has 27 heavy (non-hydrogen) atoms. The topological polar surface area (TPSA) is 109 Å². The van der Waals surface area contributed by atoms with E-state index in [9.17, 15) is 8.42 Å². The Hall–Kier alpha value is -0.880. The van der Waals surface area contributed by atoms with Crippen molar-refractivity contribution in [2.75, 3.05) is 19.3 Å². The van der Waals surface area contributed by atoms with Gasteiger partial charge in [0.25, 0.3) is 0 Å². The molecular weight excluding hydrogens is 481 g/mol. The van der Waals surface area contributed by atoms with Gasteiger partial charge in [-0.2, -0.15) is 0 Å². The highest BCUT2D eigenvalue weighted by atomic mass is 127. The van der Waals surface area contributed by atoms with Crippen LogP contribution in [0.5, 0.6) is 0 Å². The zero-order valence-electron chi connectivity index (χ0n) is 17.1. The molecule has 1 rings (SSSR count). The van der Waals surface area contributed by atoms with E-state index in [-0.39, 0.29) is 24.0 Å². The van der Waals surface area contributed by atoms with Crippen molar-refractivity contribution in [2.45, 2.75) is 65.5 Å². The first-order valence-electron chi connectivity index (χ1n) is 9.06. The lowest BCUT2D eigenvalue weighted by molar-refractivity contribution is 0.372. The van der Waals surface area contributed by atoms with Gasteiger partial charge in [0.05, 0.1) is 11.9 Å². The number of nitrogens with one attached hydrogen (secondary N) is 3. The van der Waals surface area contributed by atoms with Crippen molar-refractivity contribution in [3.63, 3.8) is 0 Å². The quantitative estimate of drug-likeness (QED) is 0.251. The third-order valence-corrected chi connectivity index (χ3v) is 4.80. The SMILES string of the molecule is CCNC(=NCc1cc(C(CC)CC)no1)NCC(C)(C)NS(C)(=O)=O.I. The van der Waals surface area contributed by atoms with Crippen molar-refractivity contribution in [1.29, 1.82) is 0 Å². The van der Waals surface area contributed by atoms with E-state index in [2.05, 4.69) is 39.4 Å². The molecule has 0 aromatic carbocycles. The summed E-state index contributed by atoms with van der Waals surface area (Å²) in [5.74, 6) is 1.71. The number of hydrogen-bond donors (Lipinski definition) is 3. The number of rotatable bonds is 10. The summed E-state index contributed by atoms with van der Waals surface area (Å²) in [6.07, 6.45) is 3.20. The molecule has 0 radical (unpaired) electrons. The van der Waals surface area contributed by atoms with E-state index in [1.807, 2.05) is 26.8 Å². The second-order valence-electron chi connectivity index (χ2n) is 7.04. The zero-order chi connectivity index (χ0) is 19.8. The van der Waals surface area contributed by atoms with Crippen LogP contribution in [-0.4, -0.2) is 44.4 Å². The van der Waals surface area contributed by atoms with Crippen LogP contribution < -0.4 is 15.4 Å². The van der Waals surface area contributed by atoms with E-state index in [0.29, 0.717) is 37.3 Å². The van der Waals surface area contributed by atoms with Crippen LogP contribution in [0, 0.1) is 0 Å². The van der Waals surface area contributed by atoms with Gasteiger partial charge in [0, 0.05) is 30.6 Å². The number of aromatic nitrogens is 1. The third kappa shape index (κ3) is 10.3. The average Bonchev–Trinajstić information content (AvgIpc) is 2.98. The first kappa shape index (κ1) is 26.1. The van der Waals surface area contributed by atoms with Crippen molar-refractivity contribution in [3.05, 3.63) is 17.5 Å². The number of hydrogen-bond acceptors (Lipinski definition) is 5. The van der Waals surface area contributed by atoms with Gasteiger partial charge in [-0.1, -0.05) is 19.0 Å². The van der Waals surface area contributed by atoms with Crippen molar-refractivity contribution in [1.82, 2.24) is 20.5 Å². The van der Waals surface area contributed by atoms with Gasteiger partial charge >= 0.3 is 0 Å². The maximum Gasteiger partial charge on any atom is 0.209 e. The summed E-state index contributed by atoms with van der Waals surface area (Å²) in [7, 11) is -3.28. The fourth-order valence-corrected chi connectivity index (χ4v) is 3.72. The maximum absolute atomic E-state index is 11.4. The molecule has 0 amide bonds. The Labute approximate surface area is 180 Å². The van der Waals surface area contributed by atoms with Gasteiger partial charge in [-0.05, 0) is 33.6 Å². The summed E-state index contributed by atoms with van der Waals surface area (Å²) in [5, 5.41) is 10.4. The smallest absolute Gasteiger partial charge is 0.209 e. The maximum atomic E-state index is 11.4. The van der Waals surface area contributed by atoms with E-state index in [1.165, 1.54) is 0 Å². The predicted octanol–water partition coefficient (Wildman–Crippen LogP) is 2.58. The monoisotopic (exact) mass is 515 g/mol. The molecule has 0 spiro atoms. The molecule has 8 nitrogen and oxygen atoms in total. The van der Waals surface area contributed by atoms with E-state index in [0.717, 1.165) is 24.8 Å². The van der Waals surface area contributed by atoms with Gasteiger partial charge in [-0.25, -0.2) is 18.1 Å². The van der Waals surface area contributed by atoms with E-state index in [1.54, 1.807) is 0 Å². The number of aliphatic imine (C=N–C) groups is 1. The Morgan fingerprint density at radius 2 is 1.89 bits per heavy atom. The molecule has 0 aliphatic heterocycles. The van der Waals surface area contributed by atoms with Crippen LogP contribution in [0.2, 0.25) is 0 Å². The van der Waals surface area contributed by atoms with Gasteiger partial charge < -0.3 is 15.2 Å². The third-order valence-electron chi connectivity index (χ3n) is 3.88. The second kappa shape index (κ2) is 11.8. The first-order valence-corrected chi connectivity index (χ1v) is 11.0. The molecule has 0 aliphatic carbocycles. The van der Waals surface area contributed by atoms with E-state index < -0.39 is 15.6 Å². The van der Waals surface area contributed by atoms with Crippen LogP contribution in [0.4, 0.5) is 0 Å². The summed E-state index contributed by atoms with van der Waals surface area (Å²) in [6.45, 7) is 11.3. The van der Waals surface area contributed by atoms with Crippen LogP contribution >= 0.6 is 24.0 Å². The molecule has 0 unspecified atom stereocenters. The minimum atomic E-state index is -3.28. The summed E-state index contributed by atoms with van der Waals surface area (Å²) < 4.78 is 30.8. The summed E-state index contributed by atoms with van der Waals surface area (Å²) in [4.78, 5) is 4.49. The molecule has 0 saturated carbocycles. The fraction of sp³-hybridized carbons (Fsp3) is 0.765. The normalized spacial score (nSPS) is 12.8. The van der Waals surface area contributed by atoms with Gasteiger partial charge in [-0.3, -0.25) is 0 Å². The van der Waals surface area contributed by atoms with Gasteiger partial charge in [-0.15, -0.1) is 24.0 Å². The molecule has 0 fully saturated rings. The van der Waals surface area contributed by atoms with Gasteiger partial charge in [0.2, 0.25) is 10.0 Å². The Bertz CT molecular complexity index is 684. The summed E-state index contributed by atoms with van der Waals surface area (Å²) >= 11 is 0. The lowest BCUT2D eigenvalue weighted by Crippen LogP contribution is -2.53. The molecule has 1 aromatic rings. The Kier molecular flexibility index (Phi) is 11.5. The highest BCUT2D eigenvalue weighted by Gasteiger charge is 2.22. The molecule has 3 N–H and O–H groups in total. The van der Waals surface area contributed by atoms with Crippen LogP contribution in [0.15, 0.2) is 15.6 Å². The van der Waals surface area contributed by atoms with Crippen molar-refractivity contribution < 1.29 is 12.9 Å². The molecule has 10 heteroatoms. The number of sulfonamides is 1. The number of guanidine groups is 1. The molecule has 1 aromatic heterocycles. The average molecular weight is 515 g/mol. The van der Waals surface area contributed by atoms with Gasteiger partial charge in [0.15, 0.2) is 11.7 Å². The number of halogens is 1. The van der Waals surface area contributed by atoms with Crippen molar-refractivity contribution in [2.24, 2.45) is 4.99 Å². The van der Waals surface area contributed by atoms with Gasteiger partial charge in [0.1, 0.15) is 6.54 Å². The Morgan fingerprint density at radius 3 is 2.41 bits per heavy atom. The van der Waals surface area contributed by atoms with Crippen LogP contribution in [0.3, 0.4) is 0 Å². The lowest BCUT2D eigenvalue weighted by atomic mass is 9.99. The van der Waals surface area contributed by atoms with Crippen LogP contribution in [0.25, 0.3) is 0 Å². The van der Waals surface area contributed by atoms with Crippen LogP contribution in [0.1, 0.15) is 64.8 Å². The minimum absolute atomic E-state index is 0. The zero-order valence-corrected chi connectivity index (χ0v) is 20.3. The molecule has 0 saturated heterocycles. The molecular formula is C17H34IN5O3S. The molecule has 158 valence electrons. The van der Waals surface area contributed by atoms with Crippen molar-refractivity contribution >= 4 is 40.0 Å². The highest BCUT2D eigenvalue weighted by molar-refractivity contribution is 14.0. The molecule has 1 heterocycles. The predicted molar refractivity (Wildman–Crippen MR) is 120 cm³/mol. The molecule has 0 bridgehead atoms. The van der Waals surface area contributed by atoms with E-state index in [4.69, 9.17) is 4.52 Å². The Morgan fingerprint density at radius 1 is 1.26 bits per heavy atom. The molecule has 0 aliphatic rings. The highest BCUT2D eigenvalue weighted by Crippen LogP contribution is 2.22. The summed E-state index contributed by atoms with van der Waals surface area (Å²) in [6, 6.07) is 1.96. The minimum Gasteiger partial charge on any atom is -0.359 e. The first-order chi connectivity index (χ1) is 12.1. The second-order valence-corrected chi connectivity index (χ2v) is 8.79. The standard InChI is InChI=1S/C17H33N5O3S.HI/c1-7-13(8-2)15-10-14(25-21-15)11-19-16(18-9-3)20-12-17(4,5)22-26(6,23)24;/h10,13,22H,7-9,11-12H2,1-6H3,(H2,18,19,20);1H. The largest absolute Gasteiger partial charge is 0.359 e. The van der Waals surface area contributed by atoms with Crippen LogP contribution in [-0.2, 0) is 16.6 Å². The van der Waals surface area contributed by atoms with Crippen molar-refractivity contribution in [3.8, 4) is 0 Å².